The third kappa shape index (κ3) is 4.26. The van der Waals surface area contributed by atoms with Crippen molar-refractivity contribution in [2.45, 2.75) is 12.8 Å². The van der Waals surface area contributed by atoms with Crippen LogP contribution >= 0.6 is 0 Å². The first-order valence-electron chi connectivity index (χ1n) is 7.18. The number of nitrogens with zero attached hydrogens (tertiary/aromatic N) is 3. The first kappa shape index (κ1) is 16.9. The molecule has 122 valence electrons. The van der Waals surface area contributed by atoms with Crippen molar-refractivity contribution in [3.05, 3.63) is 54.2 Å². The first-order chi connectivity index (χ1) is 11.0. The van der Waals surface area contributed by atoms with Crippen molar-refractivity contribution >= 4 is 11.7 Å². The van der Waals surface area contributed by atoms with Gasteiger partial charge >= 0.3 is 0 Å². The minimum absolute atomic E-state index is 0.230. The summed E-state index contributed by atoms with van der Waals surface area (Å²) < 4.78 is 19.3. The fourth-order valence-corrected chi connectivity index (χ4v) is 2.05. The number of amides is 1. The number of halogens is 1. The maximum absolute atomic E-state index is 14.2. The van der Waals surface area contributed by atoms with Crippen LogP contribution in [0.1, 0.15) is 5.56 Å². The SMILES string of the molecule is COc1ccc(CN(C(=O)C(F)N(C)C)c2ccccn2)cc1. The molecular formula is C17H20FN3O2. The molecule has 0 N–H and O–H groups in total. The molecule has 0 saturated carbocycles. The van der Waals surface area contributed by atoms with E-state index in [4.69, 9.17) is 4.74 Å². The minimum atomic E-state index is -1.73. The van der Waals surface area contributed by atoms with Gasteiger partial charge in [-0.15, -0.1) is 0 Å². The summed E-state index contributed by atoms with van der Waals surface area (Å²) in [6.45, 7) is 0.230. The van der Waals surface area contributed by atoms with Crippen LogP contribution in [0.3, 0.4) is 0 Å². The highest BCUT2D eigenvalue weighted by atomic mass is 19.1. The number of carbonyl (C=O) groups is 1. The molecule has 0 aliphatic rings. The molecule has 0 bridgehead atoms. The highest BCUT2D eigenvalue weighted by molar-refractivity contribution is 5.95. The lowest BCUT2D eigenvalue weighted by Gasteiger charge is -2.26. The molecule has 1 aromatic carbocycles. The van der Waals surface area contributed by atoms with Gasteiger partial charge in [0.25, 0.3) is 5.91 Å². The first-order valence-corrected chi connectivity index (χ1v) is 7.18. The molecule has 6 heteroatoms. The van der Waals surface area contributed by atoms with E-state index in [1.165, 1.54) is 23.9 Å². The maximum atomic E-state index is 14.2. The van der Waals surface area contributed by atoms with Crippen LogP contribution in [0, 0.1) is 0 Å². The smallest absolute Gasteiger partial charge is 0.278 e. The van der Waals surface area contributed by atoms with Crippen molar-refractivity contribution in [1.29, 1.82) is 0 Å². The van der Waals surface area contributed by atoms with Gasteiger partial charge in [0.1, 0.15) is 11.6 Å². The van der Waals surface area contributed by atoms with Crippen LogP contribution in [-0.4, -0.2) is 43.3 Å². The lowest BCUT2D eigenvalue weighted by atomic mass is 10.2. The van der Waals surface area contributed by atoms with Crippen LogP contribution in [0.15, 0.2) is 48.7 Å². The second-order valence-corrected chi connectivity index (χ2v) is 5.26. The predicted molar refractivity (Wildman–Crippen MR) is 87.0 cm³/mol. The molecule has 2 rings (SSSR count). The Kier molecular flexibility index (Phi) is 5.65. The van der Waals surface area contributed by atoms with Crippen LogP contribution in [0.2, 0.25) is 0 Å². The number of hydrogen-bond acceptors (Lipinski definition) is 4. The number of hydrogen-bond donors (Lipinski definition) is 0. The number of anilines is 1. The molecule has 0 aliphatic carbocycles. The summed E-state index contributed by atoms with van der Waals surface area (Å²) in [5.41, 5.74) is 0.857. The third-order valence-electron chi connectivity index (χ3n) is 3.35. The molecule has 0 spiro atoms. The summed E-state index contributed by atoms with van der Waals surface area (Å²) in [6.07, 6.45) is -0.151. The summed E-state index contributed by atoms with van der Waals surface area (Å²) in [7, 11) is 4.63. The average molecular weight is 317 g/mol. The maximum Gasteiger partial charge on any atom is 0.278 e. The quantitative estimate of drug-likeness (QED) is 0.768. The Labute approximate surface area is 135 Å². The number of benzene rings is 1. The zero-order chi connectivity index (χ0) is 16.8. The van der Waals surface area contributed by atoms with Crippen molar-refractivity contribution in [2.75, 3.05) is 26.1 Å². The van der Waals surface area contributed by atoms with Crippen LogP contribution in [0.25, 0.3) is 0 Å². The van der Waals surface area contributed by atoms with E-state index in [1.807, 2.05) is 12.1 Å². The van der Waals surface area contributed by atoms with Gasteiger partial charge in [0.15, 0.2) is 0 Å². The molecule has 1 atom stereocenters. The minimum Gasteiger partial charge on any atom is -0.497 e. The highest BCUT2D eigenvalue weighted by Crippen LogP contribution is 2.19. The van der Waals surface area contributed by atoms with Gasteiger partial charge in [-0.2, -0.15) is 0 Å². The molecule has 1 amide bonds. The number of ether oxygens (including phenoxy) is 1. The van der Waals surface area contributed by atoms with Gasteiger partial charge in [0.05, 0.1) is 13.7 Å². The monoisotopic (exact) mass is 317 g/mol. The zero-order valence-corrected chi connectivity index (χ0v) is 13.4. The molecule has 2 aromatic rings. The lowest BCUT2D eigenvalue weighted by molar-refractivity contribution is -0.128. The molecule has 23 heavy (non-hydrogen) atoms. The van der Waals surface area contributed by atoms with Gasteiger partial charge in [0.2, 0.25) is 6.30 Å². The second kappa shape index (κ2) is 7.69. The molecule has 5 nitrogen and oxygen atoms in total. The van der Waals surface area contributed by atoms with Crippen molar-refractivity contribution in [2.24, 2.45) is 0 Å². The summed E-state index contributed by atoms with van der Waals surface area (Å²) >= 11 is 0. The fourth-order valence-electron chi connectivity index (χ4n) is 2.05. The van der Waals surface area contributed by atoms with E-state index in [-0.39, 0.29) is 6.54 Å². The normalized spacial score (nSPS) is 12.0. The Morgan fingerprint density at radius 2 is 1.91 bits per heavy atom. The van der Waals surface area contributed by atoms with Crippen LogP contribution in [0.4, 0.5) is 10.2 Å². The van der Waals surface area contributed by atoms with Crippen molar-refractivity contribution in [1.82, 2.24) is 9.88 Å². The molecule has 0 radical (unpaired) electrons. The summed E-state index contributed by atoms with van der Waals surface area (Å²) in [4.78, 5) is 19.2. The van der Waals surface area contributed by atoms with E-state index >= 15 is 0 Å². The van der Waals surface area contributed by atoms with Crippen molar-refractivity contribution < 1.29 is 13.9 Å². The third-order valence-corrected chi connectivity index (χ3v) is 3.35. The van der Waals surface area contributed by atoms with Crippen molar-refractivity contribution in [3.8, 4) is 5.75 Å². The van der Waals surface area contributed by atoms with Gasteiger partial charge in [-0.05, 0) is 43.9 Å². The number of likely N-dealkylation sites (N-methyl/N-ethyl adjacent to an activating group) is 1. The van der Waals surface area contributed by atoms with Gasteiger partial charge in [-0.25, -0.2) is 9.37 Å². The number of carbonyl (C=O) groups excluding carboxylic acids is 1. The largest absolute Gasteiger partial charge is 0.497 e. The topological polar surface area (TPSA) is 45.7 Å². The molecule has 1 heterocycles. The Morgan fingerprint density at radius 3 is 2.43 bits per heavy atom. The zero-order valence-electron chi connectivity index (χ0n) is 13.4. The van der Waals surface area contributed by atoms with Gasteiger partial charge in [0, 0.05) is 6.20 Å². The van der Waals surface area contributed by atoms with E-state index < -0.39 is 12.2 Å². The Bertz CT molecular complexity index is 632. The van der Waals surface area contributed by atoms with Crippen LogP contribution in [-0.2, 0) is 11.3 Å². The van der Waals surface area contributed by atoms with E-state index in [9.17, 15) is 9.18 Å². The Balaban J connectivity index is 2.27. The second-order valence-electron chi connectivity index (χ2n) is 5.26. The van der Waals surface area contributed by atoms with E-state index in [0.717, 1.165) is 11.3 Å². The standard InChI is InChI=1S/C17H20FN3O2/c1-20(2)16(18)17(22)21(15-6-4-5-11-19-15)12-13-7-9-14(23-3)10-8-13/h4-11,16H,12H2,1-3H3. The van der Waals surface area contributed by atoms with E-state index in [0.29, 0.717) is 5.82 Å². The van der Waals surface area contributed by atoms with E-state index in [1.54, 1.807) is 43.6 Å². The predicted octanol–water partition coefficient (Wildman–Crippen LogP) is 2.48. The number of methoxy groups -OCH3 is 1. The van der Waals surface area contributed by atoms with Gasteiger partial charge < -0.3 is 4.74 Å². The average Bonchev–Trinajstić information content (AvgIpc) is 2.59. The number of rotatable bonds is 6. The van der Waals surface area contributed by atoms with E-state index in [2.05, 4.69) is 4.98 Å². The van der Waals surface area contributed by atoms with Gasteiger partial charge in [-0.3, -0.25) is 14.6 Å². The fraction of sp³-hybridized carbons (Fsp3) is 0.294. The van der Waals surface area contributed by atoms with Crippen LogP contribution in [0.5, 0.6) is 5.75 Å². The van der Waals surface area contributed by atoms with Gasteiger partial charge in [-0.1, -0.05) is 18.2 Å². The lowest BCUT2D eigenvalue weighted by Crippen LogP contribution is -2.43. The van der Waals surface area contributed by atoms with Crippen LogP contribution < -0.4 is 9.64 Å². The number of aromatic nitrogens is 1. The van der Waals surface area contributed by atoms with Crippen molar-refractivity contribution in [3.63, 3.8) is 0 Å². The molecule has 1 unspecified atom stereocenters. The number of pyridine rings is 1. The molecule has 0 saturated heterocycles. The highest BCUT2D eigenvalue weighted by Gasteiger charge is 2.27. The molecule has 1 aromatic heterocycles. The Hall–Kier alpha value is -2.47. The summed E-state index contributed by atoms with van der Waals surface area (Å²) in [5.74, 6) is 0.489. The molecule has 0 fully saturated rings. The Morgan fingerprint density at radius 1 is 1.22 bits per heavy atom. The summed E-state index contributed by atoms with van der Waals surface area (Å²) in [6, 6.07) is 12.5. The molecule has 0 aliphatic heterocycles. The summed E-state index contributed by atoms with van der Waals surface area (Å²) in [5, 5.41) is 0. The number of alkyl halides is 1. The molecular weight excluding hydrogens is 297 g/mol.